The van der Waals surface area contributed by atoms with Crippen LogP contribution in [0.4, 0.5) is 0 Å². The molecule has 16 heavy (non-hydrogen) atoms. The number of hydrogen-bond donors (Lipinski definition) is 1. The number of nitrogens with two attached hydrogens (primary N) is 1. The molecule has 0 aromatic heterocycles. The highest BCUT2D eigenvalue weighted by atomic mass is 79.9. The van der Waals surface area contributed by atoms with E-state index in [-0.39, 0.29) is 0 Å². The zero-order valence-electron chi connectivity index (χ0n) is 9.20. The van der Waals surface area contributed by atoms with E-state index in [9.17, 15) is 4.79 Å². The molecule has 1 atom stereocenters. The van der Waals surface area contributed by atoms with Crippen LogP contribution in [0.2, 0.25) is 0 Å². The molecule has 1 aromatic rings. The first kappa shape index (κ1) is 13.0. The van der Waals surface area contributed by atoms with Gasteiger partial charge in [-0.2, -0.15) is 0 Å². The van der Waals surface area contributed by atoms with E-state index in [4.69, 9.17) is 15.2 Å². The lowest BCUT2D eigenvalue weighted by molar-refractivity contribution is -0.144. The lowest BCUT2D eigenvalue weighted by atomic mass is 10.1. The number of esters is 1. The zero-order valence-corrected chi connectivity index (χ0v) is 10.8. The van der Waals surface area contributed by atoms with Crippen molar-refractivity contribution < 1.29 is 14.3 Å². The van der Waals surface area contributed by atoms with E-state index < -0.39 is 12.0 Å². The molecule has 0 amide bonds. The van der Waals surface area contributed by atoms with Crippen LogP contribution in [0.25, 0.3) is 0 Å². The van der Waals surface area contributed by atoms with Crippen LogP contribution < -0.4 is 10.5 Å². The first-order chi connectivity index (χ1) is 7.61. The van der Waals surface area contributed by atoms with Crippen molar-refractivity contribution in [2.45, 2.75) is 13.0 Å². The number of ether oxygens (including phenoxy) is 2. The molecule has 1 unspecified atom stereocenters. The van der Waals surface area contributed by atoms with E-state index in [0.717, 1.165) is 4.47 Å². The monoisotopic (exact) mass is 287 g/mol. The minimum absolute atomic E-state index is 0.305. The predicted molar refractivity (Wildman–Crippen MR) is 64.3 cm³/mol. The third-order valence-corrected chi connectivity index (χ3v) is 2.78. The van der Waals surface area contributed by atoms with Gasteiger partial charge in [-0.3, -0.25) is 0 Å². The van der Waals surface area contributed by atoms with Crippen molar-refractivity contribution >= 4 is 21.9 Å². The van der Waals surface area contributed by atoms with E-state index in [1.54, 1.807) is 19.1 Å². The molecule has 0 aliphatic heterocycles. The van der Waals surface area contributed by atoms with Crippen molar-refractivity contribution in [2.24, 2.45) is 5.73 Å². The van der Waals surface area contributed by atoms with Gasteiger partial charge in [0.15, 0.2) is 0 Å². The molecule has 88 valence electrons. The van der Waals surface area contributed by atoms with Crippen molar-refractivity contribution in [3.63, 3.8) is 0 Å². The maximum Gasteiger partial charge on any atom is 0.327 e. The molecule has 4 nitrogen and oxygen atoms in total. The van der Waals surface area contributed by atoms with Gasteiger partial charge in [0.2, 0.25) is 0 Å². The van der Waals surface area contributed by atoms with Crippen molar-refractivity contribution in [1.82, 2.24) is 0 Å². The number of rotatable bonds is 4. The summed E-state index contributed by atoms with van der Waals surface area (Å²) in [7, 11) is 1.53. The summed E-state index contributed by atoms with van der Waals surface area (Å²) in [4.78, 5) is 11.5. The number of carbonyl (C=O) groups is 1. The standard InChI is InChI=1S/C11H14BrNO3/c1-3-16-11(14)10(13)9-7(12)5-4-6-8(9)15-2/h4-6,10H,3,13H2,1-2H3. The molecule has 0 radical (unpaired) electrons. The molecule has 0 bridgehead atoms. The third-order valence-electron chi connectivity index (χ3n) is 2.08. The van der Waals surface area contributed by atoms with Gasteiger partial charge in [-0.25, -0.2) is 4.79 Å². The summed E-state index contributed by atoms with van der Waals surface area (Å²) in [6, 6.07) is 4.52. The van der Waals surface area contributed by atoms with Crippen molar-refractivity contribution in [3.05, 3.63) is 28.2 Å². The number of halogens is 1. The molecule has 0 aliphatic carbocycles. The Bertz CT molecular complexity index is 381. The minimum atomic E-state index is -0.842. The summed E-state index contributed by atoms with van der Waals surface area (Å²) in [6.45, 7) is 2.04. The van der Waals surface area contributed by atoms with Gasteiger partial charge in [-0.05, 0) is 19.1 Å². The van der Waals surface area contributed by atoms with Gasteiger partial charge in [0.25, 0.3) is 0 Å². The van der Waals surface area contributed by atoms with E-state index in [0.29, 0.717) is 17.9 Å². The van der Waals surface area contributed by atoms with E-state index >= 15 is 0 Å². The van der Waals surface area contributed by atoms with Gasteiger partial charge < -0.3 is 15.2 Å². The first-order valence-corrected chi connectivity index (χ1v) is 5.65. The Kier molecular flexibility index (Phi) is 4.76. The number of benzene rings is 1. The van der Waals surface area contributed by atoms with Gasteiger partial charge in [-0.1, -0.05) is 22.0 Å². The zero-order chi connectivity index (χ0) is 12.1. The molecule has 5 heteroatoms. The molecule has 0 aliphatic rings. The largest absolute Gasteiger partial charge is 0.496 e. The molecule has 0 saturated heterocycles. The number of methoxy groups -OCH3 is 1. The highest BCUT2D eigenvalue weighted by Crippen LogP contribution is 2.31. The van der Waals surface area contributed by atoms with E-state index in [1.807, 2.05) is 6.07 Å². The number of carbonyl (C=O) groups excluding carboxylic acids is 1. The summed E-state index contributed by atoms with van der Waals surface area (Å²) in [5.74, 6) is 0.0997. The molecule has 1 aromatic carbocycles. The fraction of sp³-hybridized carbons (Fsp3) is 0.364. The van der Waals surface area contributed by atoms with Crippen LogP contribution in [-0.2, 0) is 9.53 Å². The number of hydrogen-bond acceptors (Lipinski definition) is 4. The highest BCUT2D eigenvalue weighted by molar-refractivity contribution is 9.10. The van der Waals surface area contributed by atoms with E-state index in [2.05, 4.69) is 15.9 Å². The summed E-state index contributed by atoms with van der Waals surface area (Å²) >= 11 is 3.34. The van der Waals surface area contributed by atoms with Crippen LogP contribution in [0.5, 0.6) is 5.75 Å². The lowest BCUT2D eigenvalue weighted by Gasteiger charge is -2.15. The van der Waals surface area contributed by atoms with Gasteiger partial charge in [-0.15, -0.1) is 0 Å². The molecule has 0 spiro atoms. The Labute approximate surface area is 103 Å². The van der Waals surface area contributed by atoms with Crippen LogP contribution in [0.15, 0.2) is 22.7 Å². The Morgan fingerprint density at radius 2 is 2.25 bits per heavy atom. The second-order valence-electron chi connectivity index (χ2n) is 3.09. The smallest absolute Gasteiger partial charge is 0.327 e. The van der Waals surface area contributed by atoms with Crippen LogP contribution in [0.3, 0.4) is 0 Å². The SMILES string of the molecule is CCOC(=O)C(N)c1c(Br)cccc1OC. The molecule has 0 fully saturated rings. The second kappa shape index (κ2) is 5.86. The Hall–Kier alpha value is -1.07. The Morgan fingerprint density at radius 3 is 2.81 bits per heavy atom. The molecular formula is C11H14BrNO3. The molecule has 2 N–H and O–H groups in total. The molecule has 0 saturated carbocycles. The normalized spacial score (nSPS) is 12.0. The molecule has 0 heterocycles. The molecular weight excluding hydrogens is 274 g/mol. The predicted octanol–water partition coefficient (Wildman–Crippen LogP) is 2.02. The van der Waals surface area contributed by atoms with Crippen molar-refractivity contribution in [2.75, 3.05) is 13.7 Å². The van der Waals surface area contributed by atoms with Crippen molar-refractivity contribution in [3.8, 4) is 5.75 Å². The fourth-order valence-electron chi connectivity index (χ4n) is 1.35. The fourth-order valence-corrected chi connectivity index (χ4v) is 1.94. The Balaban J connectivity index is 3.06. The summed E-state index contributed by atoms with van der Waals surface area (Å²) in [6.07, 6.45) is 0. The van der Waals surface area contributed by atoms with Gasteiger partial charge >= 0.3 is 5.97 Å². The Morgan fingerprint density at radius 1 is 1.56 bits per heavy atom. The summed E-state index contributed by atoms with van der Waals surface area (Å²) < 4.78 is 10.8. The summed E-state index contributed by atoms with van der Waals surface area (Å²) in [5.41, 5.74) is 6.42. The van der Waals surface area contributed by atoms with Crippen molar-refractivity contribution in [1.29, 1.82) is 0 Å². The quantitative estimate of drug-likeness (QED) is 0.861. The second-order valence-corrected chi connectivity index (χ2v) is 3.94. The summed E-state index contributed by atoms with van der Waals surface area (Å²) in [5, 5.41) is 0. The van der Waals surface area contributed by atoms with Crippen LogP contribution in [0, 0.1) is 0 Å². The van der Waals surface area contributed by atoms with Gasteiger partial charge in [0.1, 0.15) is 11.8 Å². The third kappa shape index (κ3) is 2.74. The molecule has 1 rings (SSSR count). The average Bonchev–Trinajstić information content (AvgIpc) is 2.28. The lowest BCUT2D eigenvalue weighted by Crippen LogP contribution is -2.24. The van der Waals surface area contributed by atoms with Crippen LogP contribution in [-0.4, -0.2) is 19.7 Å². The topological polar surface area (TPSA) is 61.5 Å². The van der Waals surface area contributed by atoms with Crippen LogP contribution in [0.1, 0.15) is 18.5 Å². The minimum Gasteiger partial charge on any atom is -0.496 e. The van der Waals surface area contributed by atoms with Gasteiger partial charge in [0, 0.05) is 10.0 Å². The maximum atomic E-state index is 11.5. The van der Waals surface area contributed by atoms with E-state index in [1.165, 1.54) is 7.11 Å². The maximum absolute atomic E-state index is 11.5. The first-order valence-electron chi connectivity index (χ1n) is 4.86. The average molecular weight is 288 g/mol. The van der Waals surface area contributed by atoms with Crippen LogP contribution >= 0.6 is 15.9 Å². The van der Waals surface area contributed by atoms with Gasteiger partial charge in [0.05, 0.1) is 13.7 Å². The highest BCUT2D eigenvalue weighted by Gasteiger charge is 2.23.